The molecule has 1 aromatic heterocycles. The number of rotatable bonds is 15. The number of aromatic nitrogens is 1. The fourth-order valence-electron chi connectivity index (χ4n) is 4.69. The van der Waals surface area contributed by atoms with Crippen LogP contribution in [0.1, 0.15) is 47.9 Å². The summed E-state index contributed by atoms with van der Waals surface area (Å²) < 4.78 is 27.2. The highest BCUT2D eigenvalue weighted by molar-refractivity contribution is 6.32. The molecule has 9 heteroatoms. The number of carbonyl (C=O) groups is 2. The van der Waals surface area contributed by atoms with Crippen molar-refractivity contribution in [1.82, 2.24) is 4.57 Å². The van der Waals surface area contributed by atoms with Crippen LogP contribution in [-0.4, -0.2) is 39.9 Å². The van der Waals surface area contributed by atoms with E-state index in [2.05, 4.69) is 0 Å². The van der Waals surface area contributed by atoms with Gasteiger partial charge in [-0.3, -0.25) is 9.59 Å². The van der Waals surface area contributed by atoms with Gasteiger partial charge in [-0.05, 0) is 73.1 Å². The van der Waals surface area contributed by atoms with Crippen molar-refractivity contribution < 1.29 is 33.7 Å². The summed E-state index contributed by atoms with van der Waals surface area (Å²) >= 11 is 6.04. The molecule has 0 saturated carbocycles. The first-order valence-electron chi connectivity index (χ1n) is 13.8. The lowest BCUT2D eigenvalue weighted by molar-refractivity contribution is -0.138. The molecule has 4 rings (SSSR count). The van der Waals surface area contributed by atoms with Gasteiger partial charge in [0.05, 0.1) is 23.8 Å². The first kappa shape index (κ1) is 30.7. The predicted octanol–water partition coefficient (Wildman–Crippen LogP) is 7.64. The lowest BCUT2D eigenvalue weighted by atomic mass is 10.0. The largest absolute Gasteiger partial charge is 0.494 e. The summed E-state index contributed by atoms with van der Waals surface area (Å²) in [6.45, 7) is 2.30. The molecule has 0 amide bonds. The normalized spacial score (nSPS) is 11.3. The van der Waals surface area contributed by atoms with Gasteiger partial charge in [-0.1, -0.05) is 60.2 Å². The molecule has 0 aliphatic heterocycles. The Bertz CT molecular complexity index is 1580. The van der Waals surface area contributed by atoms with Crippen LogP contribution in [0.2, 0.25) is 5.02 Å². The Hall–Kier alpha value is -4.30. The molecule has 0 atom stereocenters. The van der Waals surface area contributed by atoms with Crippen LogP contribution in [0, 0.1) is 12.7 Å². The van der Waals surface area contributed by atoms with E-state index in [1.807, 2.05) is 60.8 Å². The van der Waals surface area contributed by atoms with E-state index < -0.39 is 17.8 Å². The molecule has 0 fully saturated rings. The van der Waals surface area contributed by atoms with Crippen molar-refractivity contribution in [2.45, 2.75) is 45.6 Å². The first-order valence-corrected chi connectivity index (χ1v) is 14.1. The van der Waals surface area contributed by atoms with Crippen LogP contribution in [0.25, 0.3) is 23.1 Å². The van der Waals surface area contributed by atoms with E-state index in [0.717, 1.165) is 39.8 Å². The number of aryl methyl sites for hydroxylation is 2. The predicted molar refractivity (Wildman–Crippen MR) is 162 cm³/mol. The Morgan fingerprint density at radius 2 is 1.67 bits per heavy atom. The Morgan fingerprint density at radius 1 is 0.929 bits per heavy atom. The summed E-state index contributed by atoms with van der Waals surface area (Å²) in [4.78, 5) is 22.5. The molecule has 7 nitrogen and oxygen atoms in total. The van der Waals surface area contributed by atoms with Crippen molar-refractivity contribution in [3.63, 3.8) is 0 Å². The highest BCUT2D eigenvalue weighted by Gasteiger charge is 2.14. The standard InChI is InChI=1S/C33H33ClFNO6/c1-22-10-17-28(34)33(31(22)35)42-19-3-2-18-41-26-15-12-23(13-16-26)11-14-24-6-4-8-27-25(7-5-9-29(37)38)20-36(32(24)27)21-30(39)40/h4,6,8,10-17,20H,2-3,5,7,9,18-19,21H2,1H3,(H,37,38)(H,39,40). The van der Waals surface area contributed by atoms with Gasteiger partial charge >= 0.3 is 11.9 Å². The minimum absolute atomic E-state index is 0.0594. The maximum Gasteiger partial charge on any atom is 0.323 e. The van der Waals surface area contributed by atoms with Crippen molar-refractivity contribution in [2.24, 2.45) is 0 Å². The third kappa shape index (κ3) is 8.13. The first-order chi connectivity index (χ1) is 20.2. The fraction of sp³-hybridized carbons (Fsp3) is 0.273. The molecule has 4 aromatic rings. The summed E-state index contributed by atoms with van der Waals surface area (Å²) in [5.74, 6) is -1.42. The van der Waals surface area contributed by atoms with E-state index in [-0.39, 0.29) is 23.7 Å². The number of para-hydroxylation sites is 1. The topological polar surface area (TPSA) is 98.0 Å². The summed E-state index contributed by atoms with van der Waals surface area (Å²) in [6.07, 6.45) is 8.21. The lowest BCUT2D eigenvalue weighted by Crippen LogP contribution is -2.07. The van der Waals surface area contributed by atoms with Gasteiger partial charge in [0, 0.05) is 18.0 Å². The molecule has 3 aromatic carbocycles. The zero-order chi connectivity index (χ0) is 30.1. The van der Waals surface area contributed by atoms with E-state index in [1.54, 1.807) is 23.6 Å². The van der Waals surface area contributed by atoms with Gasteiger partial charge in [-0.25, -0.2) is 4.39 Å². The Morgan fingerprint density at radius 3 is 2.38 bits per heavy atom. The number of unbranched alkanes of at least 4 members (excludes halogenated alkanes) is 1. The Balaban J connectivity index is 1.34. The van der Waals surface area contributed by atoms with Crippen LogP contribution in [0.3, 0.4) is 0 Å². The summed E-state index contributed by atoms with van der Waals surface area (Å²) in [7, 11) is 0. The van der Waals surface area contributed by atoms with E-state index in [0.29, 0.717) is 38.0 Å². The van der Waals surface area contributed by atoms with Gasteiger partial charge in [-0.15, -0.1) is 0 Å². The maximum atomic E-state index is 14.2. The molecule has 0 unspecified atom stereocenters. The van der Waals surface area contributed by atoms with Crippen LogP contribution in [-0.2, 0) is 22.6 Å². The van der Waals surface area contributed by atoms with E-state index in [4.69, 9.17) is 26.2 Å². The number of benzene rings is 3. The number of hydrogen-bond donors (Lipinski definition) is 2. The van der Waals surface area contributed by atoms with Gasteiger partial charge in [0.15, 0.2) is 11.6 Å². The number of halogens is 2. The van der Waals surface area contributed by atoms with Gasteiger partial charge in [-0.2, -0.15) is 0 Å². The molecule has 2 N–H and O–H groups in total. The second-order valence-corrected chi connectivity index (χ2v) is 10.4. The Labute approximate surface area is 248 Å². The number of carboxylic acids is 2. The van der Waals surface area contributed by atoms with Crippen molar-refractivity contribution in [3.8, 4) is 11.5 Å². The van der Waals surface area contributed by atoms with Crippen LogP contribution in [0.4, 0.5) is 4.39 Å². The van der Waals surface area contributed by atoms with Crippen LogP contribution in [0.5, 0.6) is 11.5 Å². The van der Waals surface area contributed by atoms with Gasteiger partial charge in [0.2, 0.25) is 0 Å². The van der Waals surface area contributed by atoms with Crippen molar-refractivity contribution >= 4 is 46.6 Å². The molecule has 220 valence electrons. The van der Waals surface area contributed by atoms with E-state index in [1.165, 1.54) is 0 Å². The second kappa shape index (κ2) is 14.5. The minimum atomic E-state index is -0.949. The number of ether oxygens (including phenoxy) is 2. The third-order valence-corrected chi connectivity index (χ3v) is 7.08. The average Bonchev–Trinajstić information content (AvgIpc) is 3.30. The maximum absolute atomic E-state index is 14.2. The molecule has 0 bridgehead atoms. The highest BCUT2D eigenvalue weighted by Crippen LogP contribution is 2.30. The van der Waals surface area contributed by atoms with Crippen LogP contribution >= 0.6 is 11.6 Å². The quantitative estimate of drug-likeness (QED) is 0.109. The molecule has 0 aliphatic carbocycles. The van der Waals surface area contributed by atoms with Gasteiger partial charge < -0.3 is 24.3 Å². The fourth-order valence-corrected chi connectivity index (χ4v) is 4.89. The number of hydrogen-bond acceptors (Lipinski definition) is 4. The smallest absolute Gasteiger partial charge is 0.323 e. The summed E-state index contributed by atoms with van der Waals surface area (Å²) in [5, 5.41) is 19.6. The second-order valence-electron chi connectivity index (χ2n) is 9.98. The monoisotopic (exact) mass is 593 g/mol. The van der Waals surface area contributed by atoms with Crippen molar-refractivity contribution in [1.29, 1.82) is 0 Å². The molecule has 0 spiro atoms. The van der Waals surface area contributed by atoms with Crippen LogP contribution < -0.4 is 9.47 Å². The molecule has 0 radical (unpaired) electrons. The minimum Gasteiger partial charge on any atom is -0.494 e. The number of fused-ring (bicyclic) bond motifs is 1. The molecular formula is C33H33ClFNO6. The van der Waals surface area contributed by atoms with E-state index in [9.17, 15) is 19.1 Å². The number of carboxylic acid groups (broad SMARTS) is 2. The molecule has 0 saturated heterocycles. The molecular weight excluding hydrogens is 561 g/mol. The number of nitrogens with zero attached hydrogens (tertiary/aromatic N) is 1. The van der Waals surface area contributed by atoms with Crippen molar-refractivity contribution in [2.75, 3.05) is 13.2 Å². The van der Waals surface area contributed by atoms with Gasteiger partial charge in [0.25, 0.3) is 0 Å². The Kier molecular flexibility index (Phi) is 10.6. The lowest BCUT2D eigenvalue weighted by Gasteiger charge is -2.11. The molecule has 0 aliphatic rings. The average molecular weight is 594 g/mol. The number of aliphatic carboxylic acids is 2. The van der Waals surface area contributed by atoms with E-state index >= 15 is 0 Å². The van der Waals surface area contributed by atoms with Crippen molar-refractivity contribution in [3.05, 3.63) is 93.9 Å². The molecule has 42 heavy (non-hydrogen) atoms. The SMILES string of the molecule is Cc1ccc(Cl)c(OCCCCOc2ccc(C=Cc3cccc4c(CCCC(=O)O)cn(CC(=O)O)c34)cc2)c1F. The highest BCUT2D eigenvalue weighted by atomic mass is 35.5. The van der Waals surface area contributed by atoms with Crippen LogP contribution in [0.15, 0.2) is 60.8 Å². The zero-order valence-electron chi connectivity index (χ0n) is 23.3. The molecule has 1 heterocycles. The summed E-state index contributed by atoms with van der Waals surface area (Å²) in [5.41, 5.74) is 4.04. The summed E-state index contributed by atoms with van der Waals surface area (Å²) in [6, 6.07) is 16.7. The third-order valence-electron chi connectivity index (χ3n) is 6.79. The zero-order valence-corrected chi connectivity index (χ0v) is 24.1. The van der Waals surface area contributed by atoms with Gasteiger partial charge in [0.1, 0.15) is 12.3 Å².